The molecule has 1 fully saturated rings. The number of nitrogens with one attached hydrogen (secondary N) is 1. The van der Waals surface area contributed by atoms with Gasteiger partial charge in [-0.3, -0.25) is 4.79 Å². The van der Waals surface area contributed by atoms with E-state index in [1.807, 2.05) is 0 Å². The van der Waals surface area contributed by atoms with Crippen molar-refractivity contribution in [1.29, 1.82) is 0 Å². The zero-order valence-electron chi connectivity index (χ0n) is 12.8. The van der Waals surface area contributed by atoms with Gasteiger partial charge in [0, 0.05) is 19.5 Å². The van der Waals surface area contributed by atoms with Crippen molar-refractivity contribution < 1.29 is 18.3 Å². The summed E-state index contributed by atoms with van der Waals surface area (Å²) in [6.45, 7) is 1.21. The number of aliphatic carboxylic acids is 1. The Hall–Kier alpha value is -0.620. The zero-order valence-corrected chi connectivity index (χ0v) is 13.7. The molecule has 0 amide bonds. The third-order valence-corrected chi connectivity index (χ3v) is 6.30. The lowest BCUT2D eigenvalue weighted by molar-refractivity contribution is -0.137. The molecule has 0 saturated carbocycles. The average Bonchev–Trinajstić information content (AvgIpc) is 2.42. The summed E-state index contributed by atoms with van der Waals surface area (Å²) in [5.41, 5.74) is 0. The van der Waals surface area contributed by atoms with Crippen LogP contribution in [0.2, 0.25) is 0 Å². The van der Waals surface area contributed by atoms with Gasteiger partial charge in [0.05, 0.1) is 11.0 Å². The van der Waals surface area contributed by atoms with Crippen LogP contribution in [0.5, 0.6) is 0 Å². The predicted octanol–water partition coefficient (Wildman–Crippen LogP) is 2.36. The lowest BCUT2D eigenvalue weighted by atomic mass is 10.1. The monoisotopic (exact) mass is 319 g/mol. The molecule has 1 rings (SSSR count). The van der Waals surface area contributed by atoms with Crippen molar-refractivity contribution in [2.24, 2.45) is 0 Å². The number of carbonyl (C=O) groups is 1. The van der Waals surface area contributed by atoms with Crippen LogP contribution in [0.15, 0.2) is 0 Å². The van der Waals surface area contributed by atoms with Crippen LogP contribution >= 0.6 is 0 Å². The molecule has 0 aromatic rings. The van der Waals surface area contributed by atoms with Gasteiger partial charge in [-0.2, -0.15) is 0 Å². The third-order valence-electron chi connectivity index (χ3n) is 4.11. The number of hydrogen-bond donors (Lipinski definition) is 2. The van der Waals surface area contributed by atoms with Crippen molar-refractivity contribution in [3.05, 3.63) is 0 Å². The van der Waals surface area contributed by atoms with E-state index in [0.717, 1.165) is 51.4 Å². The number of sulfone groups is 1. The van der Waals surface area contributed by atoms with Crippen LogP contribution in [0.25, 0.3) is 0 Å². The van der Waals surface area contributed by atoms with Gasteiger partial charge in [-0.25, -0.2) is 8.42 Å². The topological polar surface area (TPSA) is 83.5 Å². The van der Waals surface area contributed by atoms with Gasteiger partial charge in [0.1, 0.15) is 0 Å². The fourth-order valence-electron chi connectivity index (χ4n) is 2.76. The van der Waals surface area contributed by atoms with Crippen molar-refractivity contribution in [3.63, 3.8) is 0 Å². The van der Waals surface area contributed by atoms with Gasteiger partial charge in [0.15, 0.2) is 9.84 Å². The number of hydrogen-bond acceptors (Lipinski definition) is 4. The molecule has 1 heterocycles. The minimum atomic E-state index is -2.85. The highest BCUT2D eigenvalue weighted by Gasteiger charge is 2.27. The van der Waals surface area contributed by atoms with Gasteiger partial charge in [-0.05, 0) is 12.8 Å². The fourth-order valence-corrected chi connectivity index (χ4v) is 4.42. The van der Waals surface area contributed by atoms with Crippen molar-refractivity contribution in [2.45, 2.75) is 69.5 Å². The summed E-state index contributed by atoms with van der Waals surface area (Å²) in [5.74, 6) is -0.421. The average molecular weight is 319 g/mol. The number of carboxylic acids is 1. The van der Waals surface area contributed by atoms with E-state index in [-0.39, 0.29) is 17.4 Å². The van der Waals surface area contributed by atoms with E-state index in [4.69, 9.17) is 5.11 Å². The van der Waals surface area contributed by atoms with Gasteiger partial charge in [-0.1, -0.05) is 44.9 Å². The molecule has 1 unspecified atom stereocenters. The summed E-state index contributed by atoms with van der Waals surface area (Å²) in [6.07, 6.45) is 9.52. The molecule has 0 aromatic heterocycles. The Kier molecular flexibility index (Phi) is 8.92. The van der Waals surface area contributed by atoms with Crippen LogP contribution in [0.3, 0.4) is 0 Å². The van der Waals surface area contributed by atoms with E-state index in [2.05, 4.69) is 5.32 Å². The Morgan fingerprint density at radius 2 is 1.57 bits per heavy atom. The second kappa shape index (κ2) is 10.2. The first-order valence-electron chi connectivity index (χ1n) is 8.16. The second-order valence-corrected chi connectivity index (χ2v) is 8.35. The molecular formula is C15H29NO4S. The Morgan fingerprint density at radius 1 is 1.00 bits per heavy atom. The van der Waals surface area contributed by atoms with E-state index in [9.17, 15) is 13.2 Å². The highest BCUT2D eigenvalue weighted by molar-refractivity contribution is 7.92. The summed E-state index contributed by atoms with van der Waals surface area (Å²) >= 11 is 0. The van der Waals surface area contributed by atoms with E-state index >= 15 is 0 Å². The summed E-state index contributed by atoms with van der Waals surface area (Å²) < 4.78 is 23.6. The smallest absolute Gasteiger partial charge is 0.303 e. The SMILES string of the molecule is O=C(O)CCCCCCCCCCC1CNCCS1(=O)=O. The van der Waals surface area contributed by atoms with Gasteiger partial charge < -0.3 is 10.4 Å². The zero-order chi connectivity index (χ0) is 15.6. The van der Waals surface area contributed by atoms with Gasteiger partial charge in [0.25, 0.3) is 0 Å². The Labute approximate surface area is 128 Å². The highest BCUT2D eigenvalue weighted by Crippen LogP contribution is 2.16. The van der Waals surface area contributed by atoms with Crippen LogP contribution in [-0.2, 0) is 14.6 Å². The van der Waals surface area contributed by atoms with Gasteiger partial charge in [-0.15, -0.1) is 0 Å². The van der Waals surface area contributed by atoms with E-state index in [1.54, 1.807) is 0 Å². The van der Waals surface area contributed by atoms with E-state index < -0.39 is 15.8 Å². The molecule has 2 N–H and O–H groups in total. The fraction of sp³-hybridized carbons (Fsp3) is 0.933. The molecule has 0 bridgehead atoms. The number of carboxylic acid groups (broad SMARTS) is 1. The molecule has 21 heavy (non-hydrogen) atoms. The number of unbranched alkanes of at least 4 members (excludes halogenated alkanes) is 7. The normalized spacial score (nSPS) is 21.2. The molecule has 0 spiro atoms. The van der Waals surface area contributed by atoms with Crippen molar-refractivity contribution in [1.82, 2.24) is 5.32 Å². The van der Waals surface area contributed by atoms with Crippen LogP contribution < -0.4 is 5.32 Å². The Morgan fingerprint density at radius 3 is 2.14 bits per heavy atom. The van der Waals surface area contributed by atoms with Crippen LogP contribution in [0, 0.1) is 0 Å². The van der Waals surface area contributed by atoms with E-state index in [0.29, 0.717) is 13.1 Å². The summed E-state index contributed by atoms with van der Waals surface area (Å²) in [4.78, 5) is 10.3. The van der Waals surface area contributed by atoms with Crippen LogP contribution in [0.4, 0.5) is 0 Å². The third kappa shape index (κ3) is 8.41. The summed E-state index contributed by atoms with van der Waals surface area (Å²) in [7, 11) is -2.85. The second-order valence-electron chi connectivity index (χ2n) is 5.95. The minimum absolute atomic E-state index is 0.178. The molecule has 1 aliphatic rings. The summed E-state index contributed by atoms with van der Waals surface area (Å²) in [5, 5.41) is 11.5. The minimum Gasteiger partial charge on any atom is -0.481 e. The van der Waals surface area contributed by atoms with Crippen LogP contribution in [0.1, 0.15) is 64.2 Å². The standard InChI is InChI=1S/C15H29NO4S/c17-15(18)10-8-6-4-2-1-3-5-7-9-14-13-16-11-12-21(14,19)20/h14,16H,1-13H2,(H,17,18). The molecule has 0 radical (unpaired) electrons. The van der Waals surface area contributed by atoms with E-state index in [1.165, 1.54) is 6.42 Å². The van der Waals surface area contributed by atoms with Gasteiger partial charge >= 0.3 is 5.97 Å². The van der Waals surface area contributed by atoms with Crippen molar-refractivity contribution >= 4 is 15.8 Å². The molecular weight excluding hydrogens is 290 g/mol. The maximum absolute atomic E-state index is 11.8. The molecule has 6 heteroatoms. The first-order valence-corrected chi connectivity index (χ1v) is 9.88. The highest BCUT2D eigenvalue weighted by atomic mass is 32.2. The molecule has 5 nitrogen and oxygen atoms in total. The number of rotatable bonds is 11. The maximum Gasteiger partial charge on any atom is 0.303 e. The molecule has 0 aliphatic carbocycles. The predicted molar refractivity (Wildman–Crippen MR) is 84.3 cm³/mol. The lowest BCUT2D eigenvalue weighted by Crippen LogP contribution is -2.43. The molecule has 124 valence electrons. The summed E-state index contributed by atoms with van der Waals surface area (Å²) in [6, 6.07) is 0. The van der Waals surface area contributed by atoms with Crippen LogP contribution in [-0.4, -0.2) is 43.6 Å². The quantitative estimate of drug-likeness (QED) is 0.571. The first-order chi connectivity index (χ1) is 10.0. The molecule has 1 atom stereocenters. The largest absolute Gasteiger partial charge is 0.481 e. The Balaban J connectivity index is 1.92. The van der Waals surface area contributed by atoms with Crippen molar-refractivity contribution in [2.75, 3.05) is 18.8 Å². The maximum atomic E-state index is 11.8. The van der Waals surface area contributed by atoms with Crippen molar-refractivity contribution in [3.8, 4) is 0 Å². The lowest BCUT2D eigenvalue weighted by Gasteiger charge is -2.23. The Bertz CT molecular complexity index is 394. The van der Waals surface area contributed by atoms with Gasteiger partial charge in [0.2, 0.25) is 0 Å². The molecule has 0 aromatic carbocycles. The first kappa shape index (κ1) is 18.4. The molecule has 1 saturated heterocycles. The molecule has 1 aliphatic heterocycles.